The molecule has 4 rings (SSSR count). The first-order valence-corrected chi connectivity index (χ1v) is 7.14. The van der Waals surface area contributed by atoms with Gasteiger partial charge in [-0.2, -0.15) is 0 Å². The molecule has 1 aromatic heterocycles. The van der Waals surface area contributed by atoms with Gasteiger partial charge in [0, 0.05) is 23.1 Å². The summed E-state index contributed by atoms with van der Waals surface area (Å²) in [6.07, 6.45) is 0.585. The zero-order valence-electron chi connectivity index (χ0n) is 11.8. The van der Waals surface area contributed by atoms with Crippen LogP contribution in [0.5, 0.6) is 0 Å². The first-order valence-electron chi connectivity index (χ1n) is 7.14. The van der Waals surface area contributed by atoms with Gasteiger partial charge in [0.2, 0.25) is 0 Å². The number of ether oxygens (including phenoxy) is 1. The molecule has 3 heterocycles. The Hall–Kier alpha value is -1.81. The van der Waals surface area contributed by atoms with E-state index in [9.17, 15) is 4.79 Å². The lowest BCUT2D eigenvalue weighted by Crippen LogP contribution is -2.61. The van der Waals surface area contributed by atoms with Crippen molar-refractivity contribution in [3.8, 4) is 0 Å². The molecular formula is C16H18N2O2. The van der Waals surface area contributed by atoms with Crippen LogP contribution in [-0.2, 0) is 21.5 Å². The van der Waals surface area contributed by atoms with Crippen LogP contribution in [0.25, 0.3) is 10.9 Å². The predicted molar refractivity (Wildman–Crippen MR) is 76.5 cm³/mol. The van der Waals surface area contributed by atoms with Crippen molar-refractivity contribution in [1.29, 1.82) is 0 Å². The Labute approximate surface area is 117 Å². The van der Waals surface area contributed by atoms with Crippen molar-refractivity contribution >= 4 is 16.8 Å². The van der Waals surface area contributed by atoms with Gasteiger partial charge in [0.1, 0.15) is 11.6 Å². The minimum absolute atomic E-state index is 0.100. The standard InChI is InChI=1S/C16H18N2O2/c1-10-15(19)18-8-7-12-11-5-3-4-6-13(11)17-14(12)16(18,2)9-20-10/h3-6,10,17H,7-9H2,1-2H3. The lowest BCUT2D eigenvalue weighted by Gasteiger charge is -2.49. The van der Waals surface area contributed by atoms with Crippen molar-refractivity contribution in [2.45, 2.75) is 31.9 Å². The van der Waals surface area contributed by atoms with Gasteiger partial charge in [-0.15, -0.1) is 0 Å². The van der Waals surface area contributed by atoms with Gasteiger partial charge < -0.3 is 14.6 Å². The maximum absolute atomic E-state index is 12.4. The number of fused-ring (bicyclic) bond motifs is 5. The molecule has 20 heavy (non-hydrogen) atoms. The molecule has 0 radical (unpaired) electrons. The molecule has 4 heteroatoms. The highest BCUT2D eigenvalue weighted by molar-refractivity contribution is 5.87. The molecular weight excluding hydrogens is 252 g/mol. The molecule has 0 spiro atoms. The van der Waals surface area contributed by atoms with E-state index in [1.165, 1.54) is 10.9 Å². The van der Waals surface area contributed by atoms with Crippen LogP contribution >= 0.6 is 0 Å². The number of carbonyl (C=O) groups excluding carboxylic acids is 1. The fourth-order valence-corrected chi connectivity index (χ4v) is 3.61. The maximum Gasteiger partial charge on any atom is 0.252 e. The molecule has 1 fully saturated rings. The first-order chi connectivity index (χ1) is 9.61. The van der Waals surface area contributed by atoms with E-state index in [0.717, 1.165) is 24.2 Å². The van der Waals surface area contributed by atoms with E-state index in [1.807, 2.05) is 17.9 Å². The molecule has 104 valence electrons. The molecule has 2 unspecified atom stereocenters. The average Bonchev–Trinajstić information content (AvgIpc) is 2.84. The number of nitrogens with one attached hydrogen (secondary N) is 1. The smallest absolute Gasteiger partial charge is 0.252 e. The van der Waals surface area contributed by atoms with E-state index in [4.69, 9.17) is 4.74 Å². The summed E-state index contributed by atoms with van der Waals surface area (Å²) in [5, 5.41) is 1.27. The summed E-state index contributed by atoms with van der Waals surface area (Å²) in [6, 6.07) is 8.35. The van der Waals surface area contributed by atoms with Crippen molar-refractivity contribution in [1.82, 2.24) is 9.88 Å². The Morgan fingerprint density at radius 3 is 3.05 bits per heavy atom. The molecule has 0 bridgehead atoms. The number of aromatic nitrogens is 1. The summed E-state index contributed by atoms with van der Waals surface area (Å²) in [5.41, 5.74) is 3.26. The molecule has 1 saturated heterocycles. The zero-order chi connectivity index (χ0) is 13.9. The summed E-state index contributed by atoms with van der Waals surface area (Å²) in [6.45, 7) is 5.27. The number of amides is 1. The number of hydrogen-bond acceptors (Lipinski definition) is 2. The Morgan fingerprint density at radius 1 is 1.40 bits per heavy atom. The summed E-state index contributed by atoms with van der Waals surface area (Å²) in [5.74, 6) is 0.100. The summed E-state index contributed by atoms with van der Waals surface area (Å²) >= 11 is 0. The molecule has 2 aliphatic heterocycles. The molecule has 0 aliphatic carbocycles. The van der Waals surface area contributed by atoms with Gasteiger partial charge in [0.05, 0.1) is 6.61 Å². The number of rotatable bonds is 0. The van der Waals surface area contributed by atoms with Crippen LogP contribution < -0.4 is 0 Å². The van der Waals surface area contributed by atoms with Gasteiger partial charge in [0.25, 0.3) is 5.91 Å². The zero-order valence-corrected chi connectivity index (χ0v) is 11.8. The highest BCUT2D eigenvalue weighted by Crippen LogP contribution is 2.41. The van der Waals surface area contributed by atoms with E-state index >= 15 is 0 Å². The van der Waals surface area contributed by atoms with Crippen LogP contribution in [0.1, 0.15) is 25.1 Å². The highest BCUT2D eigenvalue weighted by Gasteiger charge is 2.48. The second kappa shape index (κ2) is 3.85. The number of morpholine rings is 1. The van der Waals surface area contributed by atoms with Gasteiger partial charge in [-0.05, 0) is 31.9 Å². The summed E-state index contributed by atoms with van der Waals surface area (Å²) in [7, 11) is 0. The average molecular weight is 270 g/mol. The van der Waals surface area contributed by atoms with Crippen molar-refractivity contribution < 1.29 is 9.53 Å². The fourth-order valence-electron chi connectivity index (χ4n) is 3.61. The SMILES string of the molecule is CC1OCC2(C)c3[nH]c4ccccc4c3CCN2C1=O. The number of benzene rings is 1. The fraction of sp³-hybridized carbons (Fsp3) is 0.438. The third-order valence-corrected chi connectivity index (χ3v) is 4.76. The van der Waals surface area contributed by atoms with E-state index < -0.39 is 0 Å². The third kappa shape index (κ3) is 1.37. The van der Waals surface area contributed by atoms with Crippen LogP contribution in [0.2, 0.25) is 0 Å². The van der Waals surface area contributed by atoms with E-state index in [2.05, 4.69) is 30.1 Å². The second-order valence-corrected chi connectivity index (χ2v) is 5.99. The van der Waals surface area contributed by atoms with Crippen LogP contribution in [0.15, 0.2) is 24.3 Å². The van der Waals surface area contributed by atoms with Crippen LogP contribution in [0.4, 0.5) is 0 Å². The lowest BCUT2D eigenvalue weighted by molar-refractivity contribution is -0.170. The van der Waals surface area contributed by atoms with Gasteiger partial charge in [0.15, 0.2) is 0 Å². The van der Waals surface area contributed by atoms with E-state index in [0.29, 0.717) is 6.61 Å². The van der Waals surface area contributed by atoms with Crippen molar-refractivity contribution in [2.24, 2.45) is 0 Å². The Balaban J connectivity index is 1.92. The molecule has 1 amide bonds. The van der Waals surface area contributed by atoms with Gasteiger partial charge in [-0.3, -0.25) is 4.79 Å². The predicted octanol–water partition coefficient (Wildman–Crippen LogP) is 2.19. The molecule has 4 nitrogen and oxygen atoms in total. The van der Waals surface area contributed by atoms with Gasteiger partial charge >= 0.3 is 0 Å². The molecule has 2 aromatic rings. The number of H-pyrrole nitrogens is 1. The Morgan fingerprint density at radius 2 is 2.20 bits per heavy atom. The maximum atomic E-state index is 12.4. The topological polar surface area (TPSA) is 45.3 Å². The van der Waals surface area contributed by atoms with Gasteiger partial charge in [-0.1, -0.05) is 18.2 Å². The van der Waals surface area contributed by atoms with Crippen molar-refractivity contribution in [2.75, 3.05) is 13.2 Å². The number of hydrogen-bond donors (Lipinski definition) is 1. The van der Waals surface area contributed by atoms with E-state index in [1.54, 1.807) is 0 Å². The van der Waals surface area contributed by atoms with Crippen molar-refractivity contribution in [3.63, 3.8) is 0 Å². The quantitative estimate of drug-likeness (QED) is 0.797. The lowest BCUT2D eigenvalue weighted by atomic mass is 9.85. The highest BCUT2D eigenvalue weighted by atomic mass is 16.5. The van der Waals surface area contributed by atoms with Gasteiger partial charge in [-0.25, -0.2) is 0 Å². The van der Waals surface area contributed by atoms with E-state index in [-0.39, 0.29) is 17.6 Å². The molecule has 0 saturated carbocycles. The largest absolute Gasteiger partial charge is 0.366 e. The third-order valence-electron chi connectivity index (χ3n) is 4.76. The molecule has 1 N–H and O–H groups in total. The molecule has 2 atom stereocenters. The normalized spacial score (nSPS) is 29.4. The molecule has 1 aromatic carbocycles. The monoisotopic (exact) mass is 270 g/mol. The van der Waals surface area contributed by atoms with Crippen LogP contribution in [0.3, 0.4) is 0 Å². The second-order valence-electron chi connectivity index (χ2n) is 5.99. The minimum Gasteiger partial charge on any atom is -0.366 e. The number of nitrogens with zero attached hydrogens (tertiary/aromatic N) is 1. The number of carbonyl (C=O) groups is 1. The van der Waals surface area contributed by atoms with Crippen molar-refractivity contribution in [3.05, 3.63) is 35.5 Å². The van der Waals surface area contributed by atoms with Crippen LogP contribution in [-0.4, -0.2) is 35.0 Å². The minimum atomic E-state index is -0.365. The summed E-state index contributed by atoms with van der Waals surface area (Å²) in [4.78, 5) is 17.9. The molecule has 2 aliphatic rings. The number of aromatic amines is 1. The first kappa shape index (κ1) is 12.0. The Kier molecular flexibility index (Phi) is 2.31. The number of para-hydroxylation sites is 1. The Bertz CT molecular complexity index is 706. The van der Waals surface area contributed by atoms with Crippen LogP contribution in [0, 0.1) is 0 Å². The summed E-state index contributed by atoms with van der Waals surface area (Å²) < 4.78 is 5.70.